The highest BCUT2D eigenvalue weighted by Crippen LogP contribution is 2.28. The number of morpholine rings is 1. The van der Waals surface area contributed by atoms with E-state index in [2.05, 4.69) is 27.1 Å². The Kier molecular flexibility index (Phi) is 5.05. The van der Waals surface area contributed by atoms with Gasteiger partial charge in [0, 0.05) is 19.6 Å². The molecule has 0 bridgehead atoms. The molecule has 0 radical (unpaired) electrons. The highest BCUT2D eigenvalue weighted by Gasteiger charge is 2.24. The van der Waals surface area contributed by atoms with E-state index < -0.39 is 4.92 Å². The molecule has 20 heavy (non-hydrogen) atoms. The maximum Gasteiger partial charge on any atom is 0.348 e. The van der Waals surface area contributed by atoms with Gasteiger partial charge in [-0.2, -0.15) is 0 Å². The third kappa shape index (κ3) is 3.53. The highest BCUT2D eigenvalue weighted by molar-refractivity contribution is 6.31. The molecule has 8 nitrogen and oxygen atoms in total. The molecule has 0 saturated carbocycles. The summed E-state index contributed by atoms with van der Waals surface area (Å²) in [6.45, 7) is 5.84. The second-order valence-corrected chi connectivity index (χ2v) is 4.74. The minimum atomic E-state index is -0.593. The fourth-order valence-corrected chi connectivity index (χ4v) is 2.25. The Labute approximate surface area is 121 Å². The van der Waals surface area contributed by atoms with Crippen molar-refractivity contribution in [3.05, 3.63) is 21.6 Å². The average molecular weight is 302 g/mol. The van der Waals surface area contributed by atoms with Crippen molar-refractivity contribution in [3.8, 4) is 0 Å². The fourth-order valence-electron chi connectivity index (χ4n) is 2.05. The van der Waals surface area contributed by atoms with Crippen molar-refractivity contribution in [3.63, 3.8) is 0 Å². The molecule has 0 spiro atoms. The second-order valence-electron chi connectivity index (χ2n) is 4.39. The molecule has 1 aromatic heterocycles. The topological polar surface area (TPSA) is 93.4 Å². The highest BCUT2D eigenvalue weighted by atomic mass is 35.5. The monoisotopic (exact) mass is 301 g/mol. The molecule has 1 aliphatic rings. The molecule has 2 rings (SSSR count). The van der Waals surface area contributed by atoms with Crippen LogP contribution < -0.4 is 5.32 Å². The first-order chi connectivity index (χ1) is 9.61. The second kappa shape index (κ2) is 6.78. The van der Waals surface area contributed by atoms with Gasteiger partial charge in [0.2, 0.25) is 11.0 Å². The number of nitro groups is 1. The molecule has 1 saturated heterocycles. The van der Waals surface area contributed by atoms with Crippen molar-refractivity contribution in [2.75, 3.05) is 38.1 Å². The number of hydrogen-bond acceptors (Lipinski definition) is 7. The number of ether oxygens (including phenoxy) is 1. The van der Waals surface area contributed by atoms with E-state index in [9.17, 15) is 10.1 Å². The van der Waals surface area contributed by atoms with Crippen molar-refractivity contribution in [2.45, 2.75) is 13.0 Å². The van der Waals surface area contributed by atoms with Gasteiger partial charge in [-0.25, -0.2) is 9.97 Å². The van der Waals surface area contributed by atoms with Crippen LogP contribution in [0.1, 0.15) is 6.92 Å². The predicted molar refractivity (Wildman–Crippen MR) is 74.0 cm³/mol. The van der Waals surface area contributed by atoms with Gasteiger partial charge in [0.15, 0.2) is 0 Å². The van der Waals surface area contributed by atoms with Crippen molar-refractivity contribution >= 4 is 23.1 Å². The lowest BCUT2D eigenvalue weighted by Gasteiger charge is -2.32. The standard InChI is InChI=1S/C11H16ClN5O3/c1-2-16-3-4-20-8(6-16)5-13-11-9(17(18)19)10(12)14-7-15-11/h7-8H,2-6H2,1H3,(H,13,14,15). The normalized spacial score (nSPS) is 19.8. The molecule has 1 N–H and O–H groups in total. The largest absolute Gasteiger partial charge is 0.374 e. The molecule has 110 valence electrons. The van der Waals surface area contributed by atoms with E-state index in [1.807, 2.05) is 0 Å². The van der Waals surface area contributed by atoms with Gasteiger partial charge in [-0.1, -0.05) is 18.5 Å². The van der Waals surface area contributed by atoms with E-state index in [-0.39, 0.29) is 22.8 Å². The SMILES string of the molecule is CCN1CCOC(CNc2ncnc(Cl)c2[N+](=O)[O-])C1. The molecule has 1 aliphatic heterocycles. The van der Waals surface area contributed by atoms with Crippen molar-refractivity contribution < 1.29 is 9.66 Å². The Balaban J connectivity index is 2.00. The van der Waals surface area contributed by atoms with Crippen LogP contribution in [0.4, 0.5) is 11.5 Å². The summed E-state index contributed by atoms with van der Waals surface area (Å²) in [6, 6.07) is 0. The molecule has 0 aliphatic carbocycles. The van der Waals surface area contributed by atoms with E-state index in [0.29, 0.717) is 13.2 Å². The Morgan fingerprint density at radius 3 is 3.15 bits per heavy atom. The number of rotatable bonds is 5. The summed E-state index contributed by atoms with van der Waals surface area (Å²) in [7, 11) is 0. The molecule has 1 atom stereocenters. The summed E-state index contributed by atoms with van der Waals surface area (Å²) in [5.74, 6) is 0.118. The van der Waals surface area contributed by atoms with Gasteiger partial charge in [-0.3, -0.25) is 15.0 Å². The molecule has 1 aromatic rings. The zero-order valence-corrected chi connectivity index (χ0v) is 11.8. The Morgan fingerprint density at radius 1 is 1.65 bits per heavy atom. The van der Waals surface area contributed by atoms with Crippen LogP contribution in [0.3, 0.4) is 0 Å². The number of likely N-dealkylation sites (N-methyl/N-ethyl adjacent to an activating group) is 1. The number of hydrogen-bond donors (Lipinski definition) is 1. The van der Waals surface area contributed by atoms with E-state index in [4.69, 9.17) is 16.3 Å². The van der Waals surface area contributed by atoms with Crippen LogP contribution >= 0.6 is 11.6 Å². The van der Waals surface area contributed by atoms with Crippen LogP contribution in [0, 0.1) is 10.1 Å². The van der Waals surface area contributed by atoms with Crippen LogP contribution in [0.2, 0.25) is 5.15 Å². The number of nitrogens with one attached hydrogen (secondary N) is 1. The van der Waals surface area contributed by atoms with Crippen LogP contribution in [-0.2, 0) is 4.74 Å². The lowest BCUT2D eigenvalue weighted by Crippen LogP contribution is -2.45. The van der Waals surface area contributed by atoms with Crippen LogP contribution in [0.25, 0.3) is 0 Å². The van der Waals surface area contributed by atoms with E-state index in [1.54, 1.807) is 0 Å². The molecule has 1 fully saturated rings. The fraction of sp³-hybridized carbons (Fsp3) is 0.636. The Morgan fingerprint density at radius 2 is 2.45 bits per heavy atom. The van der Waals surface area contributed by atoms with E-state index in [1.165, 1.54) is 6.33 Å². The van der Waals surface area contributed by atoms with Gasteiger partial charge in [0.05, 0.1) is 17.6 Å². The van der Waals surface area contributed by atoms with E-state index >= 15 is 0 Å². The van der Waals surface area contributed by atoms with Gasteiger partial charge in [-0.05, 0) is 6.54 Å². The molecule has 1 unspecified atom stereocenters. The molecular weight excluding hydrogens is 286 g/mol. The summed E-state index contributed by atoms with van der Waals surface area (Å²) >= 11 is 5.72. The number of anilines is 1. The summed E-state index contributed by atoms with van der Waals surface area (Å²) in [6.07, 6.45) is 1.16. The zero-order chi connectivity index (χ0) is 14.5. The number of aromatic nitrogens is 2. The minimum Gasteiger partial charge on any atom is -0.374 e. The first-order valence-electron chi connectivity index (χ1n) is 6.34. The molecule has 0 amide bonds. The molecule has 9 heteroatoms. The van der Waals surface area contributed by atoms with Crippen LogP contribution in [-0.4, -0.2) is 58.7 Å². The summed E-state index contributed by atoms with van der Waals surface area (Å²) in [5.41, 5.74) is -0.308. The summed E-state index contributed by atoms with van der Waals surface area (Å²) in [4.78, 5) is 20.1. The van der Waals surface area contributed by atoms with Crippen molar-refractivity contribution in [1.29, 1.82) is 0 Å². The maximum absolute atomic E-state index is 11.0. The molecule has 2 heterocycles. The third-order valence-corrected chi connectivity index (χ3v) is 3.40. The Hall–Kier alpha value is -1.51. The van der Waals surface area contributed by atoms with Gasteiger partial charge >= 0.3 is 5.69 Å². The lowest BCUT2D eigenvalue weighted by molar-refractivity contribution is -0.384. The first kappa shape index (κ1) is 14.9. The van der Waals surface area contributed by atoms with Gasteiger partial charge < -0.3 is 10.1 Å². The van der Waals surface area contributed by atoms with Gasteiger partial charge in [0.25, 0.3) is 0 Å². The lowest BCUT2D eigenvalue weighted by atomic mass is 10.2. The summed E-state index contributed by atoms with van der Waals surface area (Å²) < 4.78 is 5.61. The first-order valence-corrected chi connectivity index (χ1v) is 6.72. The molecular formula is C11H16ClN5O3. The van der Waals surface area contributed by atoms with Gasteiger partial charge in [0.1, 0.15) is 6.33 Å². The quantitative estimate of drug-likeness (QED) is 0.495. The average Bonchev–Trinajstić information content (AvgIpc) is 2.45. The van der Waals surface area contributed by atoms with Crippen LogP contribution in [0.5, 0.6) is 0 Å². The smallest absolute Gasteiger partial charge is 0.348 e. The Bertz CT molecular complexity index is 487. The van der Waals surface area contributed by atoms with Crippen molar-refractivity contribution in [2.24, 2.45) is 0 Å². The summed E-state index contributed by atoms with van der Waals surface area (Å²) in [5, 5.41) is 13.7. The van der Waals surface area contributed by atoms with E-state index in [0.717, 1.165) is 19.6 Å². The minimum absolute atomic E-state index is 0.0305. The number of halogens is 1. The maximum atomic E-state index is 11.0. The van der Waals surface area contributed by atoms with Gasteiger partial charge in [-0.15, -0.1) is 0 Å². The zero-order valence-electron chi connectivity index (χ0n) is 11.1. The van der Waals surface area contributed by atoms with Crippen LogP contribution in [0.15, 0.2) is 6.33 Å². The predicted octanol–water partition coefficient (Wildman–Crippen LogP) is 1.17. The number of nitrogens with zero attached hydrogens (tertiary/aromatic N) is 4. The molecule has 0 aromatic carbocycles. The van der Waals surface area contributed by atoms with Crippen molar-refractivity contribution in [1.82, 2.24) is 14.9 Å². The third-order valence-electron chi connectivity index (χ3n) is 3.13.